The van der Waals surface area contributed by atoms with Gasteiger partial charge in [0.1, 0.15) is 0 Å². The number of hydrogen-bond donors (Lipinski definition) is 1. The van der Waals surface area contributed by atoms with E-state index in [9.17, 15) is 0 Å². The monoisotopic (exact) mass is 131 g/mol. The predicted octanol–water partition coefficient (Wildman–Crippen LogP) is 0.0149. The molecule has 0 bridgehead atoms. The van der Waals surface area contributed by atoms with E-state index in [0.717, 1.165) is 5.92 Å². The Balaban J connectivity index is 0.000000148. The SMILES string of the molecule is CC1CNC1.COC=O. The molecular weight excluding hydrogens is 118 g/mol. The Morgan fingerprint density at radius 1 is 1.67 bits per heavy atom. The summed E-state index contributed by atoms with van der Waals surface area (Å²) in [4.78, 5) is 8.95. The average molecular weight is 131 g/mol. The lowest BCUT2D eigenvalue weighted by Gasteiger charge is -2.21. The summed E-state index contributed by atoms with van der Waals surface area (Å²) in [6.45, 7) is 5.09. The van der Waals surface area contributed by atoms with Crippen LogP contribution >= 0.6 is 0 Å². The van der Waals surface area contributed by atoms with Gasteiger partial charge < -0.3 is 10.1 Å². The largest absolute Gasteiger partial charge is 0.471 e. The van der Waals surface area contributed by atoms with Crippen molar-refractivity contribution < 1.29 is 9.53 Å². The topological polar surface area (TPSA) is 38.3 Å². The highest BCUT2D eigenvalue weighted by Gasteiger charge is 2.07. The second-order valence-electron chi connectivity index (χ2n) is 2.10. The zero-order chi connectivity index (χ0) is 7.11. The summed E-state index contributed by atoms with van der Waals surface area (Å²) in [7, 11) is 1.31. The van der Waals surface area contributed by atoms with Crippen LogP contribution in [0.15, 0.2) is 0 Å². The van der Waals surface area contributed by atoms with Gasteiger partial charge in [0.25, 0.3) is 6.47 Å². The summed E-state index contributed by atoms with van der Waals surface area (Å²) in [6, 6.07) is 0. The van der Waals surface area contributed by atoms with E-state index in [0.29, 0.717) is 6.47 Å². The zero-order valence-electron chi connectivity index (χ0n) is 5.89. The van der Waals surface area contributed by atoms with Gasteiger partial charge in [0.15, 0.2) is 0 Å². The van der Waals surface area contributed by atoms with Crippen molar-refractivity contribution in [3.05, 3.63) is 0 Å². The van der Waals surface area contributed by atoms with E-state index < -0.39 is 0 Å². The first-order chi connectivity index (χ1) is 4.31. The van der Waals surface area contributed by atoms with Crippen LogP contribution in [-0.4, -0.2) is 26.7 Å². The Kier molecular flexibility index (Phi) is 5.21. The van der Waals surface area contributed by atoms with Gasteiger partial charge in [0.2, 0.25) is 0 Å². The van der Waals surface area contributed by atoms with Gasteiger partial charge in [0.05, 0.1) is 7.11 Å². The Morgan fingerprint density at radius 2 is 2.00 bits per heavy atom. The molecule has 1 aliphatic heterocycles. The van der Waals surface area contributed by atoms with Crippen molar-refractivity contribution >= 4 is 6.47 Å². The normalized spacial score (nSPS) is 16.7. The first kappa shape index (κ1) is 8.43. The highest BCUT2D eigenvalue weighted by atomic mass is 16.5. The van der Waals surface area contributed by atoms with Gasteiger partial charge in [-0.25, -0.2) is 0 Å². The van der Waals surface area contributed by atoms with Gasteiger partial charge in [-0.15, -0.1) is 0 Å². The summed E-state index contributed by atoms with van der Waals surface area (Å²) in [6.07, 6.45) is 0. The number of carbonyl (C=O) groups is 1. The minimum atomic E-state index is 0.375. The molecule has 0 atom stereocenters. The summed E-state index contributed by atoms with van der Waals surface area (Å²) >= 11 is 0. The van der Waals surface area contributed by atoms with E-state index in [1.54, 1.807) is 0 Å². The lowest BCUT2D eigenvalue weighted by Crippen LogP contribution is -2.39. The lowest BCUT2D eigenvalue weighted by atomic mass is 10.1. The molecule has 0 saturated carbocycles. The first-order valence-electron chi connectivity index (χ1n) is 2.98. The van der Waals surface area contributed by atoms with Crippen molar-refractivity contribution in [2.75, 3.05) is 20.2 Å². The molecule has 0 unspecified atom stereocenters. The highest BCUT2D eigenvalue weighted by Crippen LogP contribution is 1.96. The third kappa shape index (κ3) is 5.30. The van der Waals surface area contributed by atoms with Crippen molar-refractivity contribution in [3.63, 3.8) is 0 Å². The minimum Gasteiger partial charge on any atom is -0.471 e. The van der Waals surface area contributed by atoms with Gasteiger partial charge >= 0.3 is 0 Å². The number of ether oxygens (including phenoxy) is 1. The smallest absolute Gasteiger partial charge is 0.292 e. The van der Waals surface area contributed by atoms with Gasteiger partial charge in [-0.05, 0) is 19.0 Å². The number of rotatable bonds is 1. The van der Waals surface area contributed by atoms with Crippen LogP contribution in [0, 0.1) is 5.92 Å². The maximum absolute atomic E-state index is 8.95. The minimum absolute atomic E-state index is 0.375. The zero-order valence-corrected chi connectivity index (χ0v) is 5.89. The van der Waals surface area contributed by atoms with Gasteiger partial charge in [-0.3, -0.25) is 4.79 Å². The molecule has 1 aliphatic rings. The number of methoxy groups -OCH3 is 1. The van der Waals surface area contributed by atoms with E-state index in [2.05, 4.69) is 17.0 Å². The number of carbonyl (C=O) groups excluding carboxylic acids is 1. The molecule has 0 aromatic rings. The van der Waals surface area contributed by atoms with Crippen LogP contribution in [0.2, 0.25) is 0 Å². The van der Waals surface area contributed by atoms with E-state index in [1.807, 2.05) is 0 Å². The van der Waals surface area contributed by atoms with Gasteiger partial charge in [-0.1, -0.05) is 6.92 Å². The predicted molar refractivity (Wildman–Crippen MR) is 35.1 cm³/mol. The van der Waals surface area contributed by atoms with Crippen molar-refractivity contribution in [2.24, 2.45) is 5.92 Å². The molecular formula is C6H13NO2. The van der Waals surface area contributed by atoms with E-state index in [1.165, 1.54) is 20.2 Å². The van der Waals surface area contributed by atoms with Crippen molar-refractivity contribution in [3.8, 4) is 0 Å². The van der Waals surface area contributed by atoms with Crippen LogP contribution in [-0.2, 0) is 9.53 Å². The summed E-state index contributed by atoms with van der Waals surface area (Å²) in [5.41, 5.74) is 0. The molecule has 1 rings (SSSR count). The Morgan fingerprint density at radius 3 is 2.00 bits per heavy atom. The van der Waals surface area contributed by atoms with Crippen LogP contribution < -0.4 is 5.32 Å². The molecule has 0 aromatic carbocycles. The molecule has 0 radical (unpaired) electrons. The molecule has 3 heteroatoms. The first-order valence-corrected chi connectivity index (χ1v) is 2.98. The van der Waals surface area contributed by atoms with Gasteiger partial charge in [0, 0.05) is 0 Å². The van der Waals surface area contributed by atoms with E-state index in [-0.39, 0.29) is 0 Å². The maximum Gasteiger partial charge on any atom is 0.292 e. The summed E-state index contributed by atoms with van der Waals surface area (Å²) in [5, 5.41) is 3.16. The lowest BCUT2D eigenvalue weighted by molar-refractivity contribution is -0.126. The van der Waals surface area contributed by atoms with Crippen LogP contribution in [0.4, 0.5) is 0 Å². The number of nitrogens with one attached hydrogen (secondary N) is 1. The van der Waals surface area contributed by atoms with E-state index in [4.69, 9.17) is 4.79 Å². The molecule has 9 heavy (non-hydrogen) atoms. The molecule has 0 aromatic heterocycles. The third-order valence-corrected chi connectivity index (χ3v) is 1.08. The summed E-state index contributed by atoms with van der Waals surface area (Å²) < 4.78 is 3.86. The van der Waals surface area contributed by atoms with Crippen molar-refractivity contribution in [2.45, 2.75) is 6.92 Å². The fraction of sp³-hybridized carbons (Fsp3) is 0.833. The summed E-state index contributed by atoms with van der Waals surface area (Å²) in [5.74, 6) is 0.954. The van der Waals surface area contributed by atoms with Crippen molar-refractivity contribution in [1.82, 2.24) is 5.32 Å². The molecule has 0 aliphatic carbocycles. The molecule has 0 spiro atoms. The van der Waals surface area contributed by atoms with Crippen LogP contribution in [0.5, 0.6) is 0 Å². The quantitative estimate of drug-likeness (QED) is 0.510. The van der Waals surface area contributed by atoms with Crippen LogP contribution in [0.1, 0.15) is 6.92 Å². The Hall–Kier alpha value is -0.570. The standard InChI is InChI=1S/C4H9N.C2H4O2/c1-4-2-5-3-4;1-4-2-3/h4-5H,2-3H2,1H3;2H,1H3. The molecule has 3 nitrogen and oxygen atoms in total. The Bertz CT molecular complexity index is 71.5. The highest BCUT2D eigenvalue weighted by molar-refractivity contribution is 5.36. The molecule has 1 fully saturated rings. The molecule has 0 amide bonds. The third-order valence-electron chi connectivity index (χ3n) is 1.08. The fourth-order valence-electron chi connectivity index (χ4n) is 0.433. The average Bonchev–Trinajstić information content (AvgIpc) is 1.84. The second-order valence-corrected chi connectivity index (χ2v) is 2.10. The molecule has 54 valence electrons. The van der Waals surface area contributed by atoms with Crippen molar-refractivity contribution in [1.29, 1.82) is 0 Å². The molecule has 1 N–H and O–H groups in total. The maximum atomic E-state index is 8.95. The number of hydrogen-bond acceptors (Lipinski definition) is 3. The van der Waals surface area contributed by atoms with Gasteiger partial charge in [-0.2, -0.15) is 0 Å². The van der Waals surface area contributed by atoms with Crippen LogP contribution in [0.3, 0.4) is 0 Å². The molecule has 1 heterocycles. The molecule has 1 saturated heterocycles. The van der Waals surface area contributed by atoms with Crippen LogP contribution in [0.25, 0.3) is 0 Å². The second kappa shape index (κ2) is 5.56. The fourth-order valence-corrected chi connectivity index (χ4v) is 0.433. The Labute approximate surface area is 55.4 Å². The van der Waals surface area contributed by atoms with E-state index >= 15 is 0 Å².